The van der Waals surface area contributed by atoms with Gasteiger partial charge in [-0.15, -0.1) is 0 Å². The molecule has 0 unspecified atom stereocenters. The molecule has 4 aromatic heterocycles. The van der Waals surface area contributed by atoms with E-state index in [0.29, 0.717) is 5.82 Å². The molecule has 51 heavy (non-hydrogen) atoms. The summed E-state index contributed by atoms with van der Waals surface area (Å²) < 4.78 is 11.6. The topological polar surface area (TPSA) is 48.8 Å². The number of fused-ring (bicyclic) bond motifs is 10. The Morgan fingerprint density at radius 3 is 1.76 bits per heavy atom. The molecule has 0 saturated heterocycles. The first-order chi connectivity index (χ1) is 25.3. The Kier molecular flexibility index (Phi) is 5.89. The van der Waals surface area contributed by atoms with Crippen molar-refractivity contribution in [1.82, 2.24) is 19.1 Å². The van der Waals surface area contributed by atoms with E-state index in [2.05, 4.69) is 143 Å². The summed E-state index contributed by atoms with van der Waals surface area (Å²) in [4.78, 5) is 10.3. The number of aromatic nitrogens is 4. The van der Waals surface area contributed by atoms with Gasteiger partial charge in [0.1, 0.15) is 11.4 Å². The van der Waals surface area contributed by atoms with Gasteiger partial charge >= 0.3 is 0 Å². The maximum atomic E-state index is 6.97. The molecule has 0 N–H and O–H groups in total. The number of furan rings is 1. The van der Waals surface area contributed by atoms with Crippen molar-refractivity contribution in [3.8, 4) is 34.2 Å². The largest absolute Gasteiger partial charge is 0.454 e. The molecule has 11 aromatic rings. The van der Waals surface area contributed by atoms with E-state index in [0.717, 1.165) is 83.1 Å². The minimum absolute atomic E-state index is 0.679. The van der Waals surface area contributed by atoms with Crippen LogP contribution in [-0.2, 0) is 0 Å². The first-order valence-electron chi connectivity index (χ1n) is 17.2. The van der Waals surface area contributed by atoms with Gasteiger partial charge in [-0.2, -0.15) is 0 Å². The summed E-state index contributed by atoms with van der Waals surface area (Å²) in [7, 11) is 0. The van der Waals surface area contributed by atoms with Crippen LogP contribution in [0.4, 0.5) is 0 Å². The summed E-state index contributed by atoms with van der Waals surface area (Å²) in [6.45, 7) is 0. The fourth-order valence-electron chi connectivity index (χ4n) is 7.86. The van der Waals surface area contributed by atoms with Crippen LogP contribution >= 0.6 is 0 Å². The lowest BCUT2D eigenvalue weighted by Crippen LogP contribution is -2.02. The second-order valence-electron chi connectivity index (χ2n) is 13.0. The van der Waals surface area contributed by atoms with Gasteiger partial charge in [-0.25, -0.2) is 9.97 Å². The van der Waals surface area contributed by atoms with Crippen LogP contribution in [0.1, 0.15) is 0 Å². The predicted octanol–water partition coefficient (Wildman–Crippen LogP) is 11.9. The zero-order valence-corrected chi connectivity index (χ0v) is 27.4. The number of hydrogen-bond donors (Lipinski definition) is 0. The first-order valence-corrected chi connectivity index (χ1v) is 17.2. The van der Waals surface area contributed by atoms with Gasteiger partial charge in [0.15, 0.2) is 11.4 Å². The van der Waals surface area contributed by atoms with Gasteiger partial charge in [0, 0.05) is 61.3 Å². The highest BCUT2D eigenvalue weighted by Crippen LogP contribution is 2.43. The SMILES string of the molecule is c1ccc(-c2cc(-n3c4ccccc4c4cc5c(cc43)oc3c5ccc4c5ccccc5n(-c5ccccc5)c43)nc(-c3ccccc3)n2)cc1. The number of para-hydroxylation sites is 3. The van der Waals surface area contributed by atoms with Crippen molar-refractivity contribution in [2.24, 2.45) is 0 Å². The smallest absolute Gasteiger partial charge is 0.162 e. The highest BCUT2D eigenvalue weighted by atomic mass is 16.3. The molecule has 0 bridgehead atoms. The summed E-state index contributed by atoms with van der Waals surface area (Å²) in [5.74, 6) is 1.48. The summed E-state index contributed by atoms with van der Waals surface area (Å²) in [5.41, 5.74) is 10.0. The van der Waals surface area contributed by atoms with Gasteiger partial charge < -0.3 is 8.98 Å². The highest BCUT2D eigenvalue weighted by molar-refractivity contribution is 6.24. The van der Waals surface area contributed by atoms with Crippen molar-refractivity contribution >= 4 is 65.6 Å². The van der Waals surface area contributed by atoms with Gasteiger partial charge in [0.05, 0.1) is 27.8 Å². The molecule has 7 aromatic carbocycles. The molecule has 0 aliphatic rings. The van der Waals surface area contributed by atoms with Crippen LogP contribution in [0.5, 0.6) is 0 Å². The van der Waals surface area contributed by atoms with Crippen LogP contribution in [0.3, 0.4) is 0 Å². The summed E-state index contributed by atoms with van der Waals surface area (Å²) >= 11 is 0. The normalized spacial score (nSPS) is 11.9. The van der Waals surface area contributed by atoms with E-state index in [-0.39, 0.29) is 0 Å². The summed E-state index contributed by atoms with van der Waals surface area (Å²) in [5, 5.41) is 6.85. The Balaban J connectivity index is 1.23. The highest BCUT2D eigenvalue weighted by Gasteiger charge is 2.22. The van der Waals surface area contributed by atoms with Crippen LogP contribution in [-0.4, -0.2) is 19.1 Å². The minimum atomic E-state index is 0.679. The van der Waals surface area contributed by atoms with Gasteiger partial charge in [0.25, 0.3) is 0 Å². The van der Waals surface area contributed by atoms with E-state index < -0.39 is 0 Å². The van der Waals surface area contributed by atoms with Crippen LogP contribution < -0.4 is 0 Å². The molecule has 0 fully saturated rings. The average Bonchev–Trinajstić information content (AvgIpc) is 3.85. The molecule has 0 radical (unpaired) electrons. The molecule has 0 aliphatic heterocycles. The molecular formula is C46H28N4O. The van der Waals surface area contributed by atoms with Gasteiger partial charge in [0.2, 0.25) is 0 Å². The lowest BCUT2D eigenvalue weighted by Gasteiger charge is -2.12. The molecule has 0 spiro atoms. The third-order valence-corrected chi connectivity index (χ3v) is 10.1. The lowest BCUT2D eigenvalue weighted by atomic mass is 10.1. The standard InChI is InChI=1S/C46H28N4O/c1-4-14-29(15-5-1)38-27-43(48-46(47-38)30-16-6-2-7-17-30)50-40-23-13-11-21-33(40)36-26-37-35-25-24-34-32-20-10-12-22-39(32)49(31-18-8-3-9-19-31)44(34)45(35)51-42(37)28-41(36)50/h1-28H. The maximum Gasteiger partial charge on any atom is 0.162 e. The van der Waals surface area contributed by atoms with E-state index in [1.807, 2.05) is 36.4 Å². The molecule has 238 valence electrons. The molecular weight excluding hydrogens is 625 g/mol. The van der Waals surface area contributed by atoms with Gasteiger partial charge in [-0.1, -0.05) is 121 Å². The first kappa shape index (κ1) is 27.9. The summed E-state index contributed by atoms with van der Waals surface area (Å²) in [6.07, 6.45) is 0. The van der Waals surface area contributed by atoms with Crippen LogP contribution in [0.15, 0.2) is 174 Å². The Morgan fingerprint density at radius 2 is 1.02 bits per heavy atom. The number of nitrogens with zero attached hydrogens (tertiary/aromatic N) is 4. The fourth-order valence-corrected chi connectivity index (χ4v) is 7.86. The Morgan fingerprint density at radius 1 is 0.412 bits per heavy atom. The van der Waals surface area contributed by atoms with E-state index in [4.69, 9.17) is 14.4 Å². The van der Waals surface area contributed by atoms with Crippen molar-refractivity contribution in [1.29, 1.82) is 0 Å². The van der Waals surface area contributed by atoms with Crippen molar-refractivity contribution in [2.75, 3.05) is 0 Å². The fraction of sp³-hybridized carbons (Fsp3) is 0. The van der Waals surface area contributed by atoms with Crippen molar-refractivity contribution in [2.45, 2.75) is 0 Å². The molecule has 5 nitrogen and oxygen atoms in total. The van der Waals surface area contributed by atoms with Crippen molar-refractivity contribution in [3.05, 3.63) is 170 Å². The third kappa shape index (κ3) is 4.15. The maximum absolute atomic E-state index is 6.97. The number of hydrogen-bond acceptors (Lipinski definition) is 3. The van der Waals surface area contributed by atoms with E-state index in [9.17, 15) is 0 Å². The van der Waals surface area contributed by atoms with Crippen molar-refractivity contribution in [3.63, 3.8) is 0 Å². The minimum Gasteiger partial charge on any atom is -0.454 e. The predicted molar refractivity (Wildman–Crippen MR) is 209 cm³/mol. The van der Waals surface area contributed by atoms with Gasteiger partial charge in [-0.3, -0.25) is 4.57 Å². The third-order valence-electron chi connectivity index (χ3n) is 10.1. The van der Waals surface area contributed by atoms with Crippen LogP contribution in [0.2, 0.25) is 0 Å². The van der Waals surface area contributed by atoms with Crippen LogP contribution in [0, 0.1) is 0 Å². The molecule has 0 saturated carbocycles. The molecule has 0 amide bonds. The zero-order valence-electron chi connectivity index (χ0n) is 27.4. The molecule has 11 rings (SSSR count). The van der Waals surface area contributed by atoms with E-state index >= 15 is 0 Å². The molecule has 4 heterocycles. The molecule has 0 aliphatic carbocycles. The Hall–Kier alpha value is -6.98. The zero-order chi connectivity index (χ0) is 33.5. The second kappa shape index (κ2) is 10.8. The van der Waals surface area contributed by atoms with E-state index in [1.54, 1.807) is 0 Å². The summed E-state index contributed by atoms with van der Waals surface area (Å²) in [6, 6.07) is 59.3. The monoisotopic (exact) mass is 652 g/mol. The van der Waals surface area contributed by atoms with Crippen molar-refractivity contribution < 1.29 is 4.42 Å². The van der Waals surface area contributed by atoms with Crippen LogP contribution in [0.25, 0.3) is 99.7 Å². The number of benzene rings is 7. The second-order valence-corrected chi connectivity index (χ2v) is 13.0. The lowest BCUT2D eigenvalue weighted by molar-refractivity contribution is 0.671. The van der Waals surface area contributed by atoms with Gasteiger partial charge in [-0.05, 0) is 36.4 Å². The molecule has 5 heteroatoms. The quantitative estimate of drug-likeness (QED) is 0.190. The number of rotatable bonds is 4. The van der Waals surface area contributed by atoms with E-state index in [1.165, 1.54) is 10.8 Å². The molecule has 0 atom stereocenters. The Labute approximate surface area is 292 Å². The Bertz CT molecular complexity index is 3060. The average molecular weight is 653 g/mol.